The Balaban J connectivity index is 2.48. The summed E-state index contributed by atoms with van der Waals surface area (Å²) in [6.45, 7) is 10.8. The van der Waals surface area contributed by atoms with E-state index in [1.807, 2.05) is 6.07 Å². The van der Waals surface area contributed by atoms with Crippen molar-refractivity contribution in [3.8, 4) is 5.75 Å². The fourth-order valence-electron chi connectivity index (χ4n) is 1.65. The number of hydrogen-bond donors (Lipinski definition) is 1. The molecule has 0 aromatic heterocycles. The van der Waals surface area contributed by atoms with E-state index in [1.54, 1.807) is 12.1 Å². The molecule has 0 fully saturated rings. The van der Waals surface area contributed by atoms with Crippen molar-refractivity contribution < 1.29 is 9.13 Å². The van der Waals surface area contributed by atoms with E-state index in [-0.39, 0.29) is 11.2 Å². The molecule has 3 heteroatoms. The molecule has 2 nitrogen and oxygen atoms in total. The Morgan fingerprint density at radius 2 is 2.00 bits per heavy atom. The van der Waals surface area contributed by atoms with Crippen LogP contribution in [0, 0.1) is 11.2 Å². The van der Waals surface area contributed by atoms with Crippen LogP contribution in [0.5, 0.6) is 5.75 Å². The van der Waals surface area contributed by atoms with Crippen molar-refractivity contribution in [3.05, 3.63) is 29.6 Å². The fourth-order valence-corrected chi connectivity index (χ4v) is 1.65. The summed E-state index contributed by atoms with van der Waals surface area (Å²) in [6.07, 6.45) is 1.99. The number of rotatable bonds is 7. The van der Waals surface area contributed by atoms with Crippen molar-refractivity contribution in [2.75, 3.05) is 13.2 Å². The quantitative estimate of drug-likeness (QED) is 0.750. The maximum Gasteiger partial charge on any atom is 0.165 e. The highest BCUT2D eigenvalue weighted by Gasteiger charge is 2.11. The molecular formula is C16H26FNO. The Hall–Kier alpha value is -1.09. The zero-order valence-corrected chi connectivity index (χ0v) is 12.6. The highest BCUT2D eigenvalue weighted by atomic mass is 19.1. The van der Waals surface area contributed by atoms with Gasteiger partial charge in [-0.1, -0.05) is 33.8 Å². The Bertz CT molecular complexity index is 385. The largest absolute Gasteiger partial charge is 0.490 e. The standard InChI is InChI=1S/C16H26FNO/c1-5-9-18-12-13-6-7-15(14(17)11-13)19-10-8-16(2,3)4/h6-7,11,18H,5,8-10,12H2,1-4H3. The van der Waals surface area contributed by atoms with Gasteiger partial charge in [-0.3, -0.25) is 0 Å². The lowest BCUT2D eigenvalue weighted by atomic mass is 9.93. The third-order valence-corrected chi connectivity index (χ3v) is 2.86. The van der Waals surface area contributed by atoms with Gasteiger partial charge in [0.05, 0.1) is 6.61 Å². The van der Waals surface area contributed by atoms with Crippen LogP contribution >= 0.6 is 0 Å². The molecule has 1 N–H and O–H groups in total. The van der Waals surface area contributed by atoms with E-state index in [0.29, 0.717) is 18.9 Å². The van der Waals surface area contributed by atoms with E-state index in [0.717, 1.165) is 24.9 Å². The van der Waals surface area contributed by atoms with Gasteiger partial charge in [-0.2, -0.15) is 0 Å². The lowest BCUT2D eigenvalue weighted by molar-refractivity contribution is 0.235. The fraction of sp³-hybridized carbons (Fsp3) is 0.625. The van der Waals surface area contributed by atoms with E-state index in [4.69, 9.17) is 4.74 Å². The Morgan fingerprint density at radius 3 is 2.58 bits per heavy atom. The van der Waals surface area contributed by atoms with E-state index in [9.17, 15) is 4.39 Å². The van der Waals surface area contributed by atoms with Crippen LogP contribution in [-0.2, 0) is 6.54 Å². The van der Waals surface area contributed by atoms with Crippen LogP contribution in [0.1, 0.15) is 46.1 Å². The van der Waals surface area contributed by atoms with Gasteiger partial charge in [0, 0.05) is 6.54 Å². The van der Waals surface area contributed by atoms with E-state index in [1.165, 1.54) is 0 Å². The molecule has 0 heterocycles. The first-order valence-electron chi connectivity index (χ1n) is 7.04. The van der Waals surface area contributed by atoms with Gasteiger partial charge in [-0.25, -0.2) is 4.39 Å². The van der Waals surface area contributed by atoms with Gasteiger partial charge in [0.15, 0.2) is 11.6 Å². The summed E-state index contributed by atoms with van der Waals surface area (Å²) in [5.74, 6) is 0.0770. The molecule has 0 radical (unpaired) electrons. The van der Waals surface area contributed by atoms with Crippen molar-refractivity contribution in [3.63, 3.8) is 0 Å². The summed E-state index contributed by atoms with van der Waals surface area (Å²) in [5, 5.41) is 3.25. The van der Waals surface area contributed by atoms with Crippen molar-refractivity contribution in [2.45, 2.75) is 47.1 Å². The normalized spacial score (nSPS) is 11.6. The minimum atomic E-state index is -0.273. The van der Waals surface area contributed by atoms with Crippen LogP contribution in [0.25, 0.3) is 0 Å². The lowest BCUT2D eigenvalue weighted by Gasteiger charge is -2.18. The number of nitrogens with one attached hydrogen (secondary N) is 1. The average Bonchev–Trinajstić information content (AvgIpc) is 2.31. The third-order valence-electron chi connectivity index (χ3n) is 2.86. The van der Waals surface area contributed by atoms with Gasteiger partial charge in [0.2, 0.25) is 0 Å². The first-order valence-corrected chi connectivity index (χ1v) is 7.04. The first-order chi connectivity index (χ1) is 8.92. The Kier molecular flexibility index (Phi) is 6.29. The summed E-state index contributed by atoms with van der Waals surface area (Å²) >= 11 is 0. The summed E-state index contributed by atoms with van der Waals surface area (Å²) in [4.78, 5) is 0. The third kappa shape index (κ3) is 6.58. The number of ether oxygens (including phenoxy) is 1. The molecule has 0 aliphatic heterocycles. The van der Waals surface area contributed by atoms with Crippen LogP contribution < -0.4 is 10.1 Å². The van der Waals surface area contributed by atoms with Crippen LogP contribution in [0.2, 0.25) is 0 Å². The van der Waals surface area contributed by atoms with E-state index < -0.39 is 0 Å². The van der Waals surface area contributed by atoms with Crippen molar-refractivity contribution in [1.29, 1.82) is 0 Å². The molecule has 0 aliphatic carbocycles. The van der Waals surface area contributed by atoms with Gasteiger partial charge >= 0.3 is 0 Å². The SMILES string of the molecule is CCCNCc1ccc(OCCC(C)(C)C)c(F)c1. The van der Waals surface area contributed by atoms with E-state index >= 15 is 0 Å². The maximum absolute atomic E-state index is 13.8. The van der Waals surface area contributed by atoms with Crippen LogP contribution in [0.15, 0.2) is 18.2 Å². The molecule has 0 bridgehead atoms. The van der Waals surface area contributed by atoms with Crippen molar-refractivity contribution in [2.24, 2.45) is 5.41 Å². The molecule has 0 saturated heterocycles. The molecule has 1 aromatic carbocycles. The maximum atomic E-state index is 13.8. The smallest absolute Gasteiger partial charge is 0.165 e. The van der Waals surface area contributed by atoms with Crippen molar-refractivity contribution >= 4 is 0 Å². The molecular weight excluding hydrogens is 241 g/mol. The average molecular weight is 267 g/mol. The van der Waals surface area contributed by atoms with E-state index in [2.05, 4.69) is 33.0 Å². The second-order valence-corrected chi connectivity index (χ2v) is 6.10. The molecule has 0 spiro atoms. The van der Waals surface area contributed by atoms with Gasteiger partial charge in [-0.15, -0.1) is 0 Å². The first kappa shape index (κ1) is 16.0. The predicted octanol–water partition coefficient (Wildman–Crippen LogP) is 4.14. The van der Waals surface area contributed by atoms with Gasteiger partial charge < -0.3 is 10.1 Å². The second kappa shape index (κ2) is 7.49. The monoisotopic (exact) mass is 267 g/mol. The summed E-state index contributed by atoms with van der Waals surface area (Å²) in [6, 6.07) is 5.19. The highest BCUT2D eigenvalue weighted by molar-refractivity contribution is 5.29. The number of benzene rings is 1. The highest BCUT2D eigenvalue weighted by Crippen LogP contribution is 2.22. The zero-order chi connectivity index (χ0) is 14.3. The van der Waals surface area contributed by atoms with Gasteiger partial charge in [0.1, 0.15) is 0 Å². The number of hydrogen-bond acceptors (Lipinski definition) is 2. The Morgan fingerprint density at radius 1 is 1.26 bits per heavy atom. The molecule has 0 aliphatic rings. The zero-order valence-electron chi connectivity index (χ0n) is 12.6. The van der Waals surface area contributed by atoms with Crippen LogP contribution in [0.3, 0.4) is 0 Å². The molecule has 108 valence electrons. The topological polar surface area (TPSA) is 21.3 Å². The minimum Gasteiger partial charge on any atom is -0.490 e. The molecule has 1 aromatic rings. The second-order valence-electron chi connectivity index (χ2n) is 6.10. The van der Waals surface area contributed by atoms with Crippen molar-refractivity contribution in [1.82, 2.24) is 5.32 Å². The summed E-state index contributed by atoms with van der Waals surface area (Å²) < 4.78 is 19.3. The van der Waals surface area contributed by atoms with Gasteiger partial charge in [-0.05, 0) is 42.5 Å². The van der Waals surface area contributed by atoms with Crippen LogP contribution in [0.4, 0.5) is 4.39 Å². The molecule has 0 atom stereocenters. The molecule has 19 heavy (non-hydrogen) atoms. The predicted molar refractivity (Wildman–Crippen MR) is 78.0 cm³/mol. The summed E-state index contributed by atoms with van der Waals surface area (Å²) in [5.41, 5.74) is 1.16. The summed E-state index contributed by atoms with van der Waals surface area (Å²) in [7, 11) is 0. The van der Waals surface area contributed by atoms with Crippen LogP contribution in [-0.4, -0.2) is 13.2 Å². The minimum absolute atomic E-state index is 0.209. The number of halogens is 1. The Labute approximate surface area is 116 Å². The molecule has 0 unspecified atom stereocenters. The molecule has 0 saturated carbocycles. The lowest BCUT2D eigenvalue weighted by Crippen LogP contribution is -2.14. The molecule has 1 rings (SSSR count). The molecule has 0 amide bonds. The van der Waals surface area contributed by atoms with Gasteiger partial charge in [0.25, 0.3) is 0 Å².